The van der Waals surface area contributed by atoms with E-state index < -0.39 is 20.0 Å². The summed E-state index contributed by atoms with van der Waals surface area (Å²) in [7, 11) is 0. The molecule has 0 spiro atoms. The molecule has 2 rings (SSSR count). The molecule has 1 unspecified atom stereocenters. The Morgan fingerprint density at radius 1 is 0.765 bits per heavy atom. The van der Waals surface area contributed by atoms with Crippen molar-refractivity contribution in [3.63, 3.8) is 0 Å². The fourth-order valence-corrected chi connectivity index (χ4v) is 12.3. The predicted molar refractivity (Wildman–Crippen MR) is 82.5 cm³/mol. The molecule has 0 saturated heterocycles. The molecule has 0 heterocycles. The zero-order valence-electron chi connectivity index (χ0n) is 10.7. The van der Waals surface area contributed by atoms with E-state index in [9.17, 15) is 0 Å². The number of benzene rings is 2. The molecule has 0 amide bonds. The van der Waals surface area contributed by atoms with Crippen molar-refractivity contribution >= 4 is 29.7 Å². The second kappa shape index (κ2) is 5.38. The van der Waals surface area contributed by atoms with Gasteiger partial charge in [0.1, 0.15) is 0 Å². The van der Waals surface area contributed by atoms with Gasteiger partial charge >= 0.3 is 109 Å². The third kappa shape index (κ3) is 2.82. The second-order valence-corrected chi connectivity index (χ2v) is 20.6. The van der Waals surface area contributed by atoms with E-state index in [1.165, 1.54) is 0 Å². The summed E-state index contributed by atoms with van der Waals surface area (Å²) in [6.07, 6.45) is 0. The molecule has 0 bridgehead atoms. The summed E-state index contributed by atoms with van der Waals surface area (Å²) in [5.74, 6) is -0.962. The van der Waals surface area contributed by atoms with Gasteiger partial charge in [0.15, 0.2) is 0 Å². The zero-order valence-corrected chi connectivity index (χ0v) is 13.4. The van der Waals surface area contributed by atoms with E-state index in [0.29, 0.717) is 0 Å². The van der Waals surface area contributed by atoms with Gasteiger partial charge in [-0.15, -0.1) is 0 Å². The summed E-state index contributed by atoms with van der Waals surface area (Å²) in [5, 5.41) is 1.58. The fourth-order valence-electron chi connectivity index (χ4n) is 1.90. The van der Waals surface area contributed by atoms with Crippen LogP contribution in [-0.2, 0) is 0 Å². The van der Waals surface area contributed by atoms with Crippen LogP contribution in [0.2, 0.25) is 5.71 Å². The number of rotatable bonds is 3. The van der Waals surface area contributed by atoms with Crippen molar-refractivity contribution in [2.45, 2.75) is 5.71 Å². The first-order chi connectivity index (χ1) is 8.12. The normalized spacial score (nSPS) is 13.4. The minimum atomic E-state index is -0.962. The SMILES string of the molecule is C[As](c1ccccc1)[P+](C)(C)c1ccccc1. The summed E-state index contributed by atoms with van der Waals surface area (Å²) >= 11 is -0.960. The maximum absolute atomic E-state index is 2.50. The van der Waals surface area contributed by atoms with Crippen LogP contribution in [0.15, 0.2) is 60.7 Å². The van der Waals surface area contributed by atoms with Crippen LogP contribution in [-0.4, -0.2) is 27.5 Å². The van der Waals surface area contributed by atoms with E-state index in [0.717, 1.165) is 0 Å². The molecular formula is C15H19AsP+. The maximum atomic E-state index is 2.50. The number of hydrogen-bond donors (Lipinski definition) is 0. The molecule has 0 aliphatic heterocycles. The number of hydrogen-bond acceptors (Lipinski definition) is 0. The first-order valence-electron chi connectivity index (χ1n) is 5.81. The Bertz CT molecular complexity index is 465. The van der Waals surface area contributed by atoms with Crippen molar-refractivity contribution in [3.05, 3.63) is 60.7 Å². The van der Waals surface area contributed by atoms with Gasteiger partial charge in [-0.1, -0.05) is 0 Å². The Balaban J connectivity index is 2.33. The van der Waals surface area contributed by atoms with Crippen LogP contribution >= 0.6 is 5.82 Å². The molecule has 88 valence electrons. The molecule has 0 fully saturated rings. The Morgan fingerprint density at radius 2 is 1.24 bits per heavy atom. The average molecular weight is 305 g/mol. The van der Waals surface area contributed by atoms with Crippen molar-refractivity contribution < 1.29 is 0 Å². The molecule has 2 aromatic rings. The zero-order chi connectivity index (χ0) is 12.3. The standard InChI is InChI=1S/C15H19AsP/c1-16(14-10-6-4-7-11-14)17(2,3)15-12-8-5-9-13-15/h4-13H,1-3H3/q+1. The topological polar surface area (TPSA) is 0 Å². The van der Waals surface area contributed by atoms with Crippen LogP contribution in [0.3, 0.4) is 0 Å². The van der Waals surface area contributed by atoms with Crippen molar-refractivity contribution in [2.24, 2.45) is 0 Å². The van der Waals surface area contributed by atoms with Gasteiger partial charge in [0.05, 0.1) is 0 Å². The Hall–Kier alpha value is -0.572. The van der Waals surface area contributed by atoms with Gasteiger partial charge in [0.25, 0.3) is 0 Å². The molecule has 0 radical (unpaired) electrons. The third-order valence-electron chi connectivity index (χ3n) is 3.27. The molecule has 0 aromatic heterocycles. The van der Waals surface area contributed by atoms with E-state index in [-0.39, 0.29) is 0 Å². The molecule has 0 aliphatic rings. The summed E-state index contributed by atoms with van der Waals surface area (Å²) in [6.45, 7) is 4.99. The molecule has 0 nitrogen and oxygen atoms in total. The quantitative estimate of drug-likeness (QED) is 0.604. The molecular weight excluding hydrogens is 286 g/mol. The predicted octanol–water partition coefficient (Wildman–Crippen LogP) is 3.12. The van der Waals surface area contributed by atoms with Crippen LogP contribution in [0.1, 0.15) is 0 Å². The van der Waals surface area contributed by atoms with Crippen LogP contribution in [0, 0.1) is 0 Å². The van der Waals surface area contributed by atoms with Gasteiger partial charge in [-0.2, -0.15) is 0 Å². The molecule has 0 saturated carbocycles. The molecule has 1 atom stereocenters. The Morgan fingerprint density at radius 3 is 1.76 bits per heavy atom. The fraction of sp³-hybridized carbons (Fsp3) is 0.200. The summed E-state index contributed by atoms with van der Waals surface area (Å²) < 4.78 is 1.60. The summed E-state index contributed by atoms with van der Waals surface area (Å²) in [4.78, 5) is 0. The average Bonchev–Trinajstić information content (AvgIpc) is 2.40. The van der Waals surface area contributed by atoms with Gasteiger partial charge in [-0.3, -0.25) is 0 Å². The first-order valence-corrected chi connectivity index (χ1v) is 13.8. The molecule has 0 aliphatic carbocycles. The summed E-state index contributed by atoms with van der Waals surface area (Å²) in [5.41, 5.74) is 2.50. The van der Waals surface area contributed by atoms with Gasteiger partial charge in [-0.05, 0) is 0 Å². The van der Waals surface area contributed by atoms with E-state index in [1.54, 1.807) is 9.66 Å². The van der Waals surface area contributed by atoms with Crippen LogP contribution < -0.4 is 9.66 Å². The second-order valence-electron chi connectivity index (χ2n) is 4.59. The van der Waals surface area contributed by atoms with Crippen LogP contribution in [0.5, 0.6) is 0 Å². The molecule has 17 heavy (non-hydrogen) atoms. The van der Waals surface area contributed by atoms with Gasteiger partial charge in [0, 0.05) is 0 Å². The van der Waals surface area contributed by atoms with Crippen LogP contribution in [0.25, 0.3) is 0 Å². The van der Waals surface area contributed by atoms with E-state index in [1.807, 2.05) is 0 Å². The Labute approximate surface area is 109 Å². The van der Waals surface area contributed by atoms with Crippen LogP contribution in [0.4, 0.5) is 0 Å². The monoisotopic (exact) mass is 305 g/mol. The third-order valence-corrected chi connectivity index (χ3v) is 20.6. The summed E-state index contributed by atoms with van der Waals surface area (Å²) in [6, 6.07) is 22.1. The van der Waals surface area contributed by atoms with Gasteiger partial charge in [0.2, 0.25) is 0 Å². The van der Waals surface area contributed by atoms with E-state index >= 15 is 0 Å². The van der Waals surface area contributed by atoms with Gasteiger partial charge < -0.3 is 0 Å². The van der Waals surface area contributed by atoms with Gasteiger partial charge in [-0.25, -0.2) is 0 Å². The van der Waals surface area contributed by atoms with E-state index in [2.05, 4.69) is 79.7 Å². The molecule has 2 aromatic carbocycles. The van der Waals surface area contributed by atoms with E-state index in [4.69, 9.17) is 0 Å². The Kier molecular flexibility index (Phi) is 4.08. The van der Waals surface area contributed by atoms with Crippen molar-refractivity contribution in [1.29, 1.82) is 0 Å². The first kappa shape index (κ1) is 12.9. The van der Waals surface area contributed by atoms with Crippen molar-refractivity contribution in [2.75, 3.05) is 13.3 Å². The molecule has 2 heteroatoms. The molecule has 0 N–H and O–H groups in total. The van der Waals surface area contributed by atoms with Crippen molar-refractivity contribution in [1.82, 2.24) is 0 Å². The van der Waals surface area contributed by atoms with Crippen molar-refractivity contribution in [3.8, 4) is 0 Å². The minimum absolute atomic E-state index is 0.960.